The minimum Gasteiger partial charge on any atom is -0.495 e. The van der Waals surface area contributed by atoms with Gasteiger partial charge in [-0.2, -0.15) is 0 Å². The maximum Gasteiger partial charge on any atom is 0.248 e. The molecule has 3 aromatic rings. The van der Waals surface area contributed by atoms with Crippen molar-refractivity contribution in [2.24, 2.45) is 0 Å². The van der Waals surface area contributed by atoms with Gasteiger partial charge < -0.3 is 14.8 Å². The fraction of sp³-hybridized carbons (Fsp3) is 0.174. The molecule has 0 aromatic heterocycles. The Bertz CT molecular complexity index is 1180. The predicted octanol–water partition coefficient (Wildman–Crippen LogP) is 4.93. The average Bonchev–Trinajstić information content (AvgIpc) is 2.75. The summed E-state index contributed by atoms with van der Waals surface area (Å²) in [6, 6.07) is 19.4. The van der Waals surface area contributed by atoms with E-state index in [2.05, 4.69) is 5.32 Å². The fourth-order valence-electron chi connectivity index (χ4n) is 3.11. The minimum absolute atomic E-state index is 0.327. The monoisotopic (exact) mass is 474 g/mol. The first-order valence-corrected chi connectivity index (χ1v) is 11.9. The van der Waals surface area contributed by atoms with Crippen LogP contribution in [-0.4, -0.2) is 33.7 Å². The smallest absolute Gasteiger partial charge is 0.248 e. The Kier molecular flexibility index (Phi) is 7.27. The van der Waals surface area contributed by atoms with Crippen LogP contribution in [0.2, 0.25) is 5.02 Å². The Hall–Kier alpha value is -3.23. The molecule has 0 aliphatic rings. The van der Waals surface area contributed by atoms with Gasteiger partial charge in [-0.1, -0.05) is 29.8 Å². The van der Waals surface area contributed by atoms with E-state index < -0.39 is 22.0 Å². The molecular formula is C23H23ClN2O5S. The first-order valence-electron chi connectivity index (χ1n) is 9.66. The second-order valence-electron chi connectivity index (χ2n) is 6.98. The molecule has 3 rings (SSSR count). The molecule has 0 radical (unpaired) electrons. The van der Waals surface area contributed by atoms with Gasteiger partial charge in [-0.15, -0.1) is 0 Å². The van der Waals surface area contributed by atoms with Crippen LogP contribution in [0, 0.1) is 0 Å². The summed E-state index contributed by atoms with van der Waals surface area (Å²) in [6.07, 6.45) is 1.05. The van der Waals surface area contributed by atoms with Crippen LogP contribution in [0.5, 0.6) is 17.2 Å². The Balaban J connectivity index is 1.83. The molecule has 3 aromatic carbocycles. The molecule has 1 N–H and O–H groups in total. The van der Waals surface area contributed by atoms with Gasteiger partial charge in [0.2, 0.25) is 15.9 Å². The average molecular weight is 475 g/mol. The van der Waals surface area contributed by atoms with Crippen LogP contribution < -0.4 is 19.1 Å². The summed E-state index contributed by atoms with van der Waals surface area (Å²) in [5.74, 6) is 1.06. The zero-order valence-corrected chi connectivity index (χ0v) is 19.4. The molecule has 0 unspecified atom stereocenters. The molecule has 0 fully saturated rings. The lowest BCUT2D eigenvalue weighted by atomic mass is 10.2. The van der Waals surface area contributed by atoms with Crippen molar-refractivity contribution in [3.8, 4) is 17.2 Å². The zero-order chi connectivity index (χ0) is 23.3. The number of benzene rings is 3. The van der Waals surface area contributed by atoms with Crippen molar-refractivity contribution >= 4 is 38.9 Å². The molecule has 0 bridgehead atoms. The van der Waals surface area contributed by atoms with Crippen molar-refractivity contribution in [2.45, 2.75) is 13.0 Å². The summed E-state index contributed by atoms with van der Waals surface area (Å²) in [4.78, 5) is 12.9. The standard InChI is InChI=1S/C23H23ClN2O5S/c1-16(23(27)25-21-15-17(24)9-14-22(21)30-2)26(32(3,28)29)18-10-12-20(13-11-18)31-19-7-5-4-6-8-19/h4-16H,1-3H3,(H,25,27)/t16-/m0/s1. The number of methoxy groups -OCH3 is 1. The van der Waals surface area contributed by atoms with Gasteiger partial charge in [0.05, 0.1) is 24.7 Å². The van der Waals surface area contributed by atoms with Crippen LogP contribution >= 0.6 is 11.6 Å². The Morgan fingerprint density at radius 2 is 1.62 bits per heavy atom. The molecule has 0 saturated heterocycles. The van der Waals surface area contributed by atoms with E-state index in [0.29, 0.717) is 33.6 Å². The highest BCUT2D eigenvalue weighted by atomic mass is 35.5. The van der Waals surface area contributed by atoms with Gasteiger partial charge >= 0.3 is 0 Å². The summed E-state index contributed by atoms with van der Waals surface area (Å²) >= 11 is 6.02. The number of ether oxygens (including phenoxy) is 2. The van der Waals surface area contributed by atoms with Gasteiger partial charge in [-0.05, 0) is 61.5 Å². The summed E-state index contributed by atoms with van der Waals surface area (Å²) < 4.78 is 37.1. The topological polar surface area (TPSA) is 84.9 Å². The van der Waals surface area contributed by atoms with Gasteiger partial charge in [-0.25, -0.2) is 8.42 Å². The molecule has 0 saturated carbocycles. The molecule has 0 aliphatic heterocycles. The fourth-order valence-corrected chi connectivity index (χ4v) is 4.46. The van der Waals surface area contributed by atoms with E-state index in [1.165, 1.54) is 20.1 Å². The first kappa shape index (κ1) is 23.4. The number of amides is 1. The maximum atomic E-state index is 12.9. The molecule has 0 heterocycles. The zero-order valence-electron chi connectivity index (χ0n) is 17.8. The van der Waals surface area contributed by atoms with E-state index in [1.54, 1.807) is 36.4 Å². The number of nitrogens with one attached hydrogen (secondary N) is 1. The van der Waals surface area contributed by atoms with E-state index in [1.807, 2.05) is 30.3 Å². The number of para-hydroxylation sites is 1. The summed E-state index contributed by atoms with van der Waals surface area (Å²) in [5, 5.41) is 3.09. The molecule has 0 aliphatic carbocycles. The molecule has 1 atom stereocenters. The van der Waals surface area contributed by atoms with Gasteiger partial charge in [0.15, 0.2) is 0 Å². The predicted molar refractivity (Wildman–Crippen MR) is 126 cm³/mol. The van der Waals surface area contributed by atoms with Crippen molar-refractivity contribution in [1.29, 1.82) is 0 Å². The van der Waals surface area contributed by atoms with Gasteiger partial charge in [-0.3, -0.25) is 9.10 Å². The lowest BCUT2D eigenvalue weighted by molar-refractivity contribution is -0.116. The number of rotatable bonds is 8. The van der Waals surface area contributed by atoms with Gasteiger partial charge in [0.25, 0.3) is 0 Å². The van der Waals surface area contributed by atoms with E-state index in [0.717, 1.165) is 10.6 Å². The Morgan fingerprint density at radius 1 is 1.00 bits per heavy atom. The van der Waals surface area contributed by atoms with Crippen molar-refractivity contribution < 1.29 is 22.7 Å². The number of carbonyl (C=O) groups excluding carboxylic acids is 1. The summed E-state index contributed by atoms with van der Waals surface area (Å²) in [7, 11) is -2.31. The molecule has 32 heavy (non-hydrogen) atoms. The highest BCUT2D eigenvalue weighted by Crippen LogP contribution is 2.30. The number of carbonyl (C=O) groups is 1. The molecular weight excluding hydrogens is 452 g/mol. The second-order valence-corrected chi connectivity index (χ2v) is 9.27. The van der Waals surface area contributed by atoms with E-state index in [4.69, 9.17) is 21.1 Å². The molecule has 1 amide bonds. The normalized spacial score (nSPS) is 12.0. The first-order chi connectivity index (χ1) is 15.2. The lowest BCUT2D eigenvalue weighted by Crippen LogP contribution is -2.45. The van der Waals surface area contributed by atoms with Crippen LogP contribution in [0.15, 0.2) is 72.8 Å². The number of sulfonamides is 1. The number of anilines is 2. The largest absolute Gasteiger partial charge is 0.495 e. The molecule has 9 heteroatoms. The lowest BCUT2D eigenvalue weighted by Gasteiger charge is -2.28. The van der Waals surface area contributed by atoms with Crippen molar-refractivity contribution in [3.63, 3.8) is 0 Å². The second kappa shape index (κ2) is 9.93. The van der Waals surface area contributed by atoms with Crippen molar-refractivity contribution in [2.75, 3.05) is 23.0 Å². The summed E-state index contributed by atoms with van der Waals surface area (Å²) in [6.45, 7) is 1.50. The van der Waals surface area contributed by atoms with Gasteiger partial charge in [0.1, 0.15) is 23.3 Å². The van der Waals surface area contributed by atoms with Crippen LogP contribution in [0.4, 0.5) is 11.4 Å². The Morgan fingerprint density at radius 3 is 2.22 bits per heavy atom. The van der Waals surface area contributed by atoms with Crippen LogP contribution in [-0.2, 0) is 14.8 Å². The SMILES string of the molecule is COc1ccc(Cl)cc1NC(=O)[C@H](C)N(c1ccc(Oc2ccccc2)cc1)S(C)(=O)=O. The van der Waals surface area contributed by atoms with Crippen molar-refractivity contribution in [3.05, 3.63) is 77.8 Å². The highest BCUT2D eigenvalue weighted by molar-refractivity contribution is 7.92. The highest BCUT2D eigenvalue weighted by Gasteiger charge is 2.29. The van der Waals surface area contributed by atoms with E-state index in [-0.39, 0.29) is 0 Å². The maximum absolute atomic E-state index is 12.9. The van der Waals surface area contributed by atoms with E-state index in [9.17, 15) is 13.2 Å². The van der Waals surface area contributed by atoms with Crippen LogP contribution in [0.1, 0.15) is 6.92 Å². The molecule has 0 spiro atoms. The number of halogens is 1. The van der Waals surface area contributed by atoms with E-state index >= 15 is 0 Å². The quantitative estimate of drug-likeness (QED) is 0.500. The summed E-state index contributed by atoms with van der Waals surface area (Å²) in [5.41, 5.74) is 0.672. The van der Waals surface area contributed by atoms with Crippen LogP contribution in [0.3, 0.4) is 0 Å². The number of hydrogen-bond acceptors (Lipinski definition) is 5. The number of hydrogen-bond donors (Lipinski definition) is 1. The Labute approximate surface area is 192 Å². The third-order valence-electron chi connectivity index (χ3n) is 4.58. The minimum atomic E-state index is -3.78. The molecule has 168 valence electrons. The van der Waals surface area contributed by atoms with Crippen molar-refractivity contribution in [1.82, 2.24) is 0 Å². The van der Waals surface area contributed by atoms with Crippen LogP contribution in [0.25, 0.3) is 0 Å². The third-order valence-corrected chi connectivity index (χ3v) is 6.05. The molecule has 7 nitrogen and oxygen atoms in total. The third kappa shape index (κ3) is 5.72. The van der Waals surface area contributed by atoms with Gasteiger partial charge in [0, 0.05) is 5.02 Å². The number of nitrogens with zero attached hydrogens (tertiary/aromatic N) is 1.